The van der Waals surface area contributed by atoms with Gasteiger partial charge in [0.05, 0.1) is 26.1 Å². The number of nitrogens with one attached hydrogen (secondary N) is 1. The number of hydrogen-bond acceptors (Lipinski definition) is 2. The van der Waals surface area contributed by atoms with Crippen molar-refractivity contribution in [3.8, 4) is 5.75 Å². The summed E-state index contributed by atoms with van der Waals surface area (Å²) in [6.07, 6.45) is 5.84. The quantitative estimate of drug-likeness (QED) is 0.913. The topological polar surface area (TPSA) is 34.0 Å². The van der Waals surface area contributed by atoms with Crippen LogP contribution in [-0.2, 0) is 11.3 Å². The molecule has 1 aromatic carbocycles. The summed E-state index contributed by atoms with van der Waals surface area (Å²) in [5, 5.41) is 0. The molecule has 3 rings (SSSR count). The van der Waals surface area contributed by atoms with Gasteiger partial charge in [0.15, 0.2) is 0 Å². The number of likely N-dealkylation sites (tertiary alicyclic amines) is 2. The van der Waals surface area contributed by atoms with Gasteiger partial charge in [-0.05, 0) is 44.2 Å². The molecule has 1 aromatic rings. The summed E-state index contributed by atoms with van der Waals surface area (Å²) in [4.78, 5) is 16.4. The molecule has 0 bridgehead atoms. The summed E-state index contributed by atoms with van der Waals surface area (Å²) >= 11 is 0. The van der Waals surface area contributed by atoms with Gasteiger partial charge in [0.2, 0.25) is 5.91 Å². The second-order valence-electron chi connectivity index (χ2n) is 6.92. The van der Waals surface area contributed by atoms with E-state index in [0.29, 0.717) is 5.91 Å². The van der Waals surface area contributed by atoms with Crippen molar-refractivity contribution >= 4 is 5.91 Å². The summed E-state index contributed by atoms with van der Waals surface area (Å²) in [6.45, 7) is 5.01. The van der Waals surface area contributed by atoms with Gasteiger partial charge in [0.1, 0.15) is 12.3 Å². The monoisotopic (exact) mass is 317 g/mol. The molecular formula is C19H29N2O2+. The predicted molar refractivity (Wildman–Crippen MR) is 90.5 cm³/mol. The average molecular weight is 317 g/mol. The van der Waals surface area contributed by atoms with E-state index in [1.165, 1.54) is 29.7 Å². The second kappa shape index (κ2) is 7.82. The van der Waals surface area contributed by atoms with Crippen molar-refractivity contribution in [3.63, 3.8) is 0 Å². The van der Waals surface area contributed by atoms with Crippen molar-refractivity contribution in [3.05, 3.63) is 29.8 Å². The van der Waals surface area contributed by atoms with Crippen LogP contribution in [0, 0.1) is 5.92 Å². The lowest BCUT2D eigenvalue weighted by atomic mass is 9.95. The first-order valence-electron chi connectivity index (χ1n) is 9.02. The molecule has 0 aromatic heterocycles. The van der Waals surface area contributed by atoms with Crippen LogP contribution in [0.15, 0.2) is 24.3 Å². The lowest BCUT2D eigenvalue weighted by molar-refractivity contribution is -0.921. The molecule has 1 N–H and O–H groups in total. The molecule has 2 heterocycles. The summed E-state index contributed by atoms with van der Waals surface area (Å²) in [7, 11) is 1.73. The minimum Gasteiger partial charge on any atom is -0.496 e. The van der Waals surface area contributed by atoms with Gasteiger partial charge in [-0.15, -0.1) is 0 Å². The molecule has 23 heavy (non-hydrogen) atoms. The average Bonchev–Trinajstić information content (AvgIpc) is 2.62. The number of ether oxygens (including phenoxy) is 1. The van der Waals surface area contributed by atoms with Crippen LogP contribution in [0.25, 0.3) is 0 Å². The van der Waals surface area contributed by atoms with Gasteiger partial charge in [-0.1, -0.05) is 12.1 Å². The highest BCUT2D eigenvalue weighted by Gasteiger charge is 2.32. The molecular weight excluding hydrogens is 288 g/mol. The Morgan fingerprint density at radius 3 is 2.78 bits per heavy atom. The molecule has 126 valence electrons. The SMILES string of the molecule is COc1ccccc1C[NH+]1CCC[C@H](C(=O)N2CCCCC2)C1. The highest BCUT2D eigenvalue weighted by molar-refractivity contribution is 5.79. The number of carbonyl (C=O) groups is 1. The van der Waals surface area contributed by atoms with Gasteiger partial charge in [-0.2, -0.15) is 0 Å². The first-order chi connectivity index (χ1) is 11.3. The number of carbonyl (C=O) groups excluding carboxylic acids is 1. The Hall–Kier alpha value is -1.55. The fraction of sp³-hybridized carbons (Fsp3) is 0.632. The standard InChI is InChI=1S/C19H28N2O2/c1-23-18-10-4-3-8-16(18)14-20-11-7-9-17(15-20)19(22)21-12-5-2-6-13-21/h3-4,8,10,17H,2,5-7,9,11-15H2,1H3/p+1/t17-/m0/s1. The molecule has 1 amide bonds. The molecule has 2 saturated heterocycles. The number of rotatable bonds is 4. The molecule has 4 heteroatoms. The normalized spacial score (nSPS) is 25.2. The van der Waals surface area contributed by atoms with Gasteiger partial charge in [-0.3, -0.25) is 4.79 Å². The molecule has 2 aliphatic heterocycles. The van der Waals surface area contributed by atoms with Crippen molar-refractivity contribution in [2.24, 2.45) is 5.92 Å². The Labute approximate surface area is 139 Å². The van der Waals surface area contributed by atoms with E-state index < -0.39 is 0 Å². The number of piperidine rings is 2. The maximum atomic E-state index is 12.8. The lowest BCUT2D eigenvalue weighted by Gasteiger charge is -2.34. The lowest BCUT2D eigenvalue weighted by Crippen LogP contribution is -3.12. The van der Waals surface area contributed by atoms with E-state index in [-0.39, 0.29) is 5.92 Å². The van der Waals surface area contributed by atoms with E-state index in [9.17, 15) is 4.79 Å². The number of nitrogens with zero attached hydrogens (tertiary/aromatic N) is 1. The molecule has 4 nitrogen and oxygen atoms in total. The van der Waals surface area contributed by atoms with Crippen LogP contribution in [0.3, 0.4) is 0 Å². The summed E-state index contributed by atoms with van der Waals surface area (Å²) < 4.78 is 5.47. The first kappa shape index (κ1) is 16.3. The second-order valence-corrected chi connectivity index (χ2v) is 6.92. The Kier molecular flexibility index (Phi) is 5.55. The van der Waals surface area contributed by atoms with Crippen LogP contribution >= 0.6 is 0 Å². The molecule has 0 aliphatic carbocycles. The number of quaternary nitrogens is 1. The number of amides is 1. The zero-order chi connectivity index (χ0) is 16.1. The number of methoxy groups -OCH3 is 1. The zero-order valence-corrected chi connectivity index (χ0v) is 14.2. The Bertz CT molecular complexity index is 526. The van der Waals surface area contributed by atoms with E-state index in [1.807, 2.05) is 12.1 Å². The molecule has 0 saturated carbocycles. The fourth-order valence-electron chi connectivity index (χ4n) is 4.01. The smallest absolute Gasteiger partial charge is 0.231 e. The summed E-state index contributed by atoms with van der Waals surface area (Å²) in [5.41, 5.74) is 1.25. The van der Waals surface area contributed by atoms with Crippen LogP contribution in [0.1, 0.15) is 37.7 Å². The van der Waals surface area contributed by atoms with Gasteiger partial charge in [-0.25, -0.2) is 0 Å². The number of hydrogen-bond donors (Lipinski definition) is 1. The van der Waals surface area contributed by atoms with Crippen molar-refractivity contribution in [1.29, 1.82) is 0 Å². The van der Waals surface area contributed by atoms with Crippen molar-refractivity contribution < 1.29 is 14.4 Å². The summed E-state index contributed by atoms with van der Waals surface area (Å²) in [6, 6.07) is 8.24. The van der Waals surface area contributed by atoms with E-state index in [2.05, 4.69) is 17.0 Å². The third-order valence-corrected chi connectivity index (χ3v) is 5.27. The van der Waals surface area contributed by atoms with Gasteiger partial charge >= 0.3 is 0 Å². The van der Waals surface area contributed by atoms with Gasteiger partial charge in [0.25, 0.3) is 0 Å². The van der Waals surface area contributed by atoms with Crippen LogP contribution < -0.4 is 9.64 Å². The third-order valence-electron chi connectivity index (χ3n) is 5.27. The minimum absolute atomic E-state index is 0.214. The predicted octanol–water partition coefficient (Wildman–Crippen LogP) is 1.50. The van der Waals surface area contributed by atoms with Crippen LogP contribution in [0.5, 0.6) is 5.75 Å². The highest BCUT2D eigenvalue weighted by Crippen LogP contribution is 2.18. The molecule has 2 fully saturated rings. The number of para-hydroxylation sites is 1. The number of benzene rings is 1. The van der Waals surface area contributed by atoms with Crippen LogP contribution in [0.4, 0.5) is 0 Å². The molecule has 2 atom stereocenters. The van der Waals surface area contributed by atoms with E-state index in [1.54, 1.807) is 7.11 Å². The van der Waals surface area contributed by atoms with Crippen molar-refractivity contribution in [1.82, 2.24) is 4.90 Å². The van der Waals surface area contributed by atoms with Crippen molar-refractivity contribution in [2.75, 3.05) is 33.3 Å². The van der Waals surface area contributed by atoms with Crippen LogP contribution in [0.2, 0.25) is 0 Å². The molecule has 2 aliphatic rings. The van der Waals surface area contributed by atoms with E-state index in [0.717, 1.165) is 51.3 Å². The van der Waals surface area contributed by atoms with Crippen molar-refractivity contribution in [2.45, 2.75) is 38.6 Å². The molecule has 0 radical (unpaired) electrons. The largest absolute Gasteiger partial charge is 0.496 e. The van der Waals surface area contributed by atoms with Gasteiger partial charge < -0.3 is 14.5 Å². The maximum Gasteiger partial charge on any atom is 0.231 e. The first-order valence-corrected chi connectivity index (χ1v) is 9.02. The Balaban J connectivity index is 1.60. The highest BCUT2D eigenvalue weighted by atomic mass is 16.5. The molecule has 0 spiro atoms. The Morgan fingerprint density at radius 1 is 1.22 bits per heavy atom. The van der Waals surface area contributed by atoms with E-state index in [4.69, 9.17) is 4.74 Å². The Morgan fingerprint density at radius 2 is 2.00 bits per heavy atom. The van der Waals surface area contributed by atoms with Crippen LogP contribution in [-0.4, -0.2) is 44.1 Å². The molecule has 1 unspecified atom stereocenters. The minimum atomic E-state index is 0.214. The van der Waals surface area contributed by atoms with E-state index >= 15 is 0 Å². The fourth-order valence-corrected chi connectivity index (χ4v) is 4.01. The summed E-state index contributed by atoms with van der Waals surface area (Å²) in [5.74, 6) is 1.58. The zero-order valence-electron chi connectivity index (χ0n) is 14.2. The van der Waals surface area contributed by atoms with Gasteiger partial charge in [0, 0.05) is 18.7 Å². The third kappa shape index (κ3) is 4.05. The maximum absolute atomic E-state index is 12.8.